The van der Waals surface area contributed by atoms with Gasteiger partial charge in [-0.3, -0.25) is 9.69 Å². The van der Waals surface area contributed by atoms with Crippen LogP contribution in [0.15, 0.2) is 0 Å². The highest BCUT2D eigenvalue weighted by molar-refractivity contribution is 8.00. The summed E-state index contributed by atoms with van der Waals surface area (Å²) < 4.78 is 0. The predicted molar refractivity (Wildman–Crippen MR) is 58.4 cm³/mol. The van der Waals surface area contributed by atoms with E-state index in [2.05, 4.69) is 12.8 Å². The Bertz CT molecular complexity index is 249. The second-order valence-corrected chi connectivity index (χ2v) is 4.92. The summed E-state index contributed by atoms with van der Waals surface area (Å²) in [6.07, 6.45) is 6.27. The van der Waals surface area contributed by atoms with Crippen molar-refractivity contribution in [3.63, 3.8) is 0 Å². The van der Waals surface area contributed by atoms with Gasteiger partial charge in [-0.1, -0.05) is 12.8 Å². The van der Waals surface area contributed by atoms with E-state index >= 15 is 0 Å². The van der Waals surface area contributed by atoms with Gasteiger partial charge in [0.15, 0.2) is 0 Å². The molecule has 2 atom stereocenters. The van der Waals surface area contributed by atoms with Crippen molar-refractivity contribution in [3.8, 4) is 12.3 Å². The Morgan fingerprint density at radius 1 is 1.79 bits per heavy atom. The van der Waals surface area contributed by atoms with Crippen molar-refractivity contribution in [2.75, 3.05) is 18.8 Å². The van der Waals surface area contributed by atoms with Gasteiger partial charge in [0.25, 0.3) is 0 Å². The number of thioether (sulfide) groups is 1. The monoisotopic (exact) mass is 213 g/mol. The van der Waals surface area contributed by atoms with E-state index in [1.165, 1.54) is 0 Å². The molecule has 1 rings (SSSR count). The molecule has 0 amide bonds. The van der Waals surface area contributed by atoms with Crippen LogP contribution in [0.3, 0.4) is 0 Å². The number of carboxylic acid groups (broad SMARTS) is 1. The molecular weight excluding hydrogens is 198 g/mol. The van der Waals surface area contributed by atoms with Crippen molar-refractivity contribution in [2.45, 2.75) is 24.6 Å². The van der Waals surface area contributed by atoms with Gasteiger partial charge in [0, 0.05) is 11.3 Å². The van der Waals surface area contributed by atoms with Gasteiger partial charge in [-0.05, 0) is 12.2 Å². The SMILES string of the molecule is C#CCN(CC(=O)O)C1CCSC1C. The molecule has 2 unspecified atom stereocenters. The average Bonchev–Trinajstić information content (AvgIpc) is 2.50. The summed E-state index contributed by atoms with van der Waals surface area (Å²) in [7, 11) is 0. The van der Waals surface area contributed by atoms with Crippen molar-refractivity contribution < 1.29 is 9.90 Å². The van der Waals surface area contributed by atoms with Crippen LogP contribution in [0.25, 0.3) is 0 Å². The zero-order valence-corrected chi connectivity index (χ0v) is 9.09. The van der Waals surface area contributed by atoms with Gasteiger partial charge in [0.2, 0.25) is 0 Å². The highest BCUT2D eigenvalue weighted by Crippen LogP contribution is 2.29. The lowest BCUT2D eigenvalue weighted by atomic mass is 10.1. The molecule has 1 aliphatic heterocycles. The van der Waals surface area contributed by atoms with Gasteiger partial charge < -0.3 is 5.11 Å². The third-order valence-electron chi connectivity index (χ3n) is 2.44. The Kier molecular flexibility index (Phi) is 4.30. The van der Waals surface area contributed by atoms with E-state index in [9.17, 15) is 4.79 Å². The van der Waals surface area contributed by atoms with E-state index in [-0.39, 0.29) is 6.54 Å². The molecule has 1 heterocycles. The molecule has 0 aliphatic carbocycles. The number of rotatable bonds is 4. The normalized spacial score (nSPS) is 26.4. The van der Waals surface area contributed by atoms with Gasteiger partial charge in [-0.15, -0.1) is 6.42 Å². The summed E-state index contributed by atoms with van der Waals surface area (Å²) >= 11 is 1.88. The molecule has 1 fully saturated rings. The Hall–Kier alpha value is -0.660. The first-order valence-electron chi connectivity index (χ1n) is 4.66. The lowest BCUT2D eigenvalue weighted by Gasteiger charge is -2.27. The summed E-state index contributed by atoms with van der Waals surface area (Å²) in [6, 6.07) is 0.326. The second-order valence-electron chi connectivity index (χ2n) is 3.43. The maximum atomic E-state index is 10.6. The summed E-state index contributed by atoms with van der Waals surface area (Å²) in [5, 5.41) is 9.23. The molecular formula is C10H15NO2S. The smallest absolute Gasteiger partial charge is 0.317 e. The number of terminal acetylenes is 1. The van der Waals surface area contributed by atoms with Crippen molar-refractivity contribution in [1.29, 1.82) is 0 Å². The fourth-order valence-electron chi connectivity index (χ4n) is 1.78. The average molecular weight is 213 g/mol. The summed E-state index contributed by atoms with van der Waals surface area (Å²) in [5.74, 6) is 2.83. The Morgan fingerprint density at radius 3 is 2.93 bits per heavy atom. The van der Waals surface area contributed by atoms with Crippen LogP contribution >= 0.6 is 11.8 Å². The van der Waals surface area contributed by atoms with Crippen LogP contribution in [0, 0.1) is 12.3 Å². The van der Waals surface area contributed by atoms with Gasteiger partial charge in [0.05, 0.1) is 13.1 Å². The van der Waals surface area contributed by atoms with Crippen molar-refractivity contribution in [3.05, 3.63) is 0 Å². The third kappa shape index (κ3) is 2.93. The summed E-state index contributed by atoms with van der Waals surface area (Å²) in [4.78, 5) is 12.5. The lowest BCUT2D eigenvalue weighted by molar-refractivity contribution is -0.138. The Morgan fingerprint density at radius 2 is 2.50 bits per heavy atom. The standard InChI is InChI=1S/C10H15NO2S/c1-3-5-11(7-10(12)13)9-4-6-14-8(9)2/h1,8-9H,4-7H2,2H3,(H,12,13). The molecule has 0 aromatic heterocycles. The molecule has 1 aliphatic rings. The number of carboxylic acids is 1. The molecule has 0 saturated carbocycles. The maximum Gasteiger partial charge on any atom is 0.317 e. The van der Waals surface area contributed by atoms with Crippen molar-refractivity contribution >= 4 is 17.7 Å². The predicted octanol–water partition coefficient (Wildman–Crippen LogP) is 0.900. The quantitative estimate of drug-likeness (QED) is 0.704. The fraction of sp³-hybridized carbons (Fsp3) is 0.700. The van der Waals surface area contributed by atoms with Crippen molar-refractivity contribution in [2.24, 2.45) is 0 Å². The van der Waals surface area contributed by atoms with Crippen LogP contribution < -0.4 is 0 Å². The highest BCUT2D eigenvalue weighted by atomic mass is 32.2. The molecule has 14 heavy (non-hydrogen) atoms. The first kappa shape index (κ1) is 11.4. The van der Waals surface area contributed by atoms with Crippen molar-refractivity contribution in [1.82, 2.24) is 4.90 Å². The summed E-state index contributed by atoms with van der Waals surface area (Å²) in [6.45, 7) is 2.62. The largest absolute Gasteiger partial charge is 0.480 e. The van der Waals surface area contributed by atoms with Crippen LogP contribution in [0.4, 0.5) is 0 Å². The third-order valence-corrected chi connectivity index (χ3v) is 3.75. The summed E-state index contributed by atoms with van der Waals surface area (Å²) in [5.41, 5.74) is 0. The van der Waals surface area contributed by atoms with Gasteiger partial charge in [-0.25, -0.2) is 0 Å². The topological polar surface area (TPSA) is 40.5 Å². The first-order chi connectivity index (χ1) is 6.65. The van der Waals surface area contributed by atoms with Crippen LogP contribution in [0.1, 0.15) is 13.3 Å². The first-order valence-corrected chi connectivity index (χ1v) is 5.71. The molecule has 1 saturated heterocycles. The number of hydrogen-bond acceptors (Lipinski definition) is 3. The van der Waals surface area contributed by atoms with Crippen LogP contribution in [-0.2, 0) is 4.79 Å². The number of hydrogen-bond donors (Lipinski definition) is 1. The maximum absolute atomic E-state index is 10.6. The Labute approximate surface area is 88.9 Å². The molecule has 78 valence electrons. The highest BCUT2D eigenvalue weighted by Gasteiger charge is 2.30. The fourth-order valence-corrected chi connectivity index (χ4v) is 3.06. The minimum Gasteiger partial charge on any atom is -0.480 e. The molecule has 0 spiro atoms. The lowest BCUT2D eigenvalue weighted by Crippen LogP contribution is -2.42. The van der Waals surface area contributed by atoms with Gasteiger partial charge in [-0.2, -0.15) is 11.8 Å². The van der Waals surface area contributed by atoms with Gasteiger partial charge in [0.1, 0.15) is 0 Å². The van der Waals surface area contributed by atoms with E-state index < -0.39 is 5.97 Å². The van der Waals surface area contributed by atoms with Gasteiger partial charge >= 0.3 is 5.97 Å². The number of carbonyl (C=O) groups is 1. The second kappa shape index (κ2) is 5.28. The minimum absolute atomic E-state index is 0.0553. The van der Waals surface area contributed by atoms with Crippen LogP contribution in [0.5, 0.6) is 0 Å². The zero-order valence-electron chi connectivity index (χ0n) is 8.27. The van der Waals surface area contributed by atoms with E-state index in [1.807, 2.05) is 16.7 Å². The molecule has 3 nitrogen and oxygen atoms in total. The van der Waals surface area contributed by atoms with Crippen LogP contribution in [0.2, 0.25) is 0 Å². The zero-order chi connectivity index (χ0) is 10.6. The van der Waals surface area contributed by atoms with E-state index in [4.69, 9.17) is 11.5 Å². The van der Waals surface area contributed by atoms with Crippen LogP contribution in [-0.4, -0.2) is 46.1 Å². The minimum atomic E-state index is -0.802. The molecule has 1 N–H and O–H groups in total. The number of aliphatic carboxylic acids is 1. The Balaban J connectivity index is 2.57. The van der Waals surface area contributed by atoms with E-state index in [0.717, 1.165) is 12.2 Å². The molecule has 0 aromatic rings. The van der Waals surface area contributed by atoms with E-state index in [1.54, 1.807) is 0 Å². The molecule has 0 bridgehead atoms. The van der Waals surface area contributed by atoms with E-state index in [0.29, 0.717) is 17.8 Å². The molecule has 0 aromatic carbocycles. The molecule has 0 radical (unpaired) electrons. The molecule has 4 heteroatoms. The number of nitrogens with zero attached hydrogens (tertiary/aromatic N) is 1.